The van der Waals surface area contributed by atoms with Crippen LogP contribution in [-0.4, -0.2) is 43.1 Å². The molecule has 0 aromatic heterocycles. The van der Waals surface area contributed by atoms with Crippen molar-refractivity contribution in [3.63, 3.8) is 0 Å². The van der Waals surface area contributed by atoms with Crippen molar-refractivity contribution in [3.8, 4) is 11.5 Å². The molecule has 42 heavy (non-hydrogen) atoms. The second-order valence-electron chi connectivity index (χ2n) is 13.3. The molecule has 2 aromatic carbocycles. The van der Waals surface area contributed by atoms with Gasteiger partial charge in [-0.25, -0.2) is 0 Å². The summed E-state index contributed by atoms with van der Waals surface area (Å²) in [5, 5.41) is 2.88. The molecule has 3 aliphatic rings. The summed E-state index contributed by atoms with van der Waals surface area (Å²) in [7, 11) is 3.54. The number of nitrogens with one attached hydrogen (secondary N) is 1. The molecule has 0 saturated carbocycles. The molecule has 1 heterocycles. The Labute approximate surface area is 256 Å². The van der Waals surface area contributed by atoms with Crippen LogP contribution in [0.5, 0.6) is 11.5 Å². The average Bonchev–Trinajstić information content (AvgIpc) is 2.89. The third-order valence-corrected chi connectivity index (χ3v) is 9.12. The van der Waals surface area contributed by atoms with Gasteiger partial charge < -0.3 is 19.7 Å². The fourth-order valence-electron chi connectivity index (χ4n) is 6.58. The predicted octanol–water partition coefficient (Wildman–Crippen LogP) is 7.10. The number of allylic oxidation sites excluding steroid dienone is 4. The smallest absolute Gasteiger partial charge is 0.262 e. The predicted molar refractivity (Wildman–Crippen MR) is 167 cm³/mol. The van der Waals surface area contributed by atoms with Crippen molar-refractivity contribution in [1.82, 2.24) is 4.90 Å². The van der Waals surface area contributed by atoms with Crippen molar-refractivity contribution in [2.24, 2.45) is 10.8 Å². The number of ketones is 2. The van der Waals surface area contributed by atoms with Gasteiger partial charge in [-0.05, 0) is 75.9 Å². The van der Waals surface area contributed by atoms with E-state index in [0.29, 0.717) is 40.0 Å². The number of ether oxygens (including phenoxy) is 2. The first kappa shape index (κ1) is 30.1. The van der Waals surface area contributed by atoms with E-state index >= 15 is 0 Å². The topological polar surface area (TPSA) is 84.9 Å². The summed E-state index contributed by atoms with van der Waals surface area (Å²) in [5.74, 6) is 0.148. The van der Waals surface area contributed by atoms with E-state index in [2.05, 4.69) is 53.8 Å². The van der Waals surface area contributed by atoms with Crippen molar-refractivity contribution in [1.29, 1.82) is 0 Å². The quantitative estimate of drug-likeness (QED) is 0.365. The number of aryl methyl sites for hydroxylation is 1. The zero-order chi connectivity index (χ0) is 30.6. The SMILES string of the molecule is COc1cc(C2C3=C(CC(C)(C)CC3=O)N(C)C3=C2C(=O)CC(C)(C)C3)cc(Br)c1OCC(=O)Nc1ccccc1C. The van der Waals surface area contributed by atoms with Gasteiger partial charge in [-0.15, -0.1) is 0 Å². The monoisotopic (exact) mass is 634 g/mol. The lowest BCUT2D eigenvalue weighted by Gasteiger charge is -2.48. The van der Waals surface area contributed by atoms with E-state index in [0.717, 1.165) is 41.1 Å². The molecule has 1 amide bonds. The van der Waals surface area contributed by atoms with Crippen molar-refractivity contribution in [3.05, 3.63) is 74.5 Å². The highest BCUT2D eigenvalue weighted by Gasteiger charge is 2.48. The number of nitrogens with zero attached hydrogens (tertiary/aromatic N) is 1. The molecule has 7 nitrogen and oxygen atoms in total. The zero-order valence-electron chi connectivity index (χ0n) is 25.4. The number of Topliss-reactive ketones (excluding diaryl/α,β-unsaturated/α-hetero) is 2. The molecule has 0 bridgehead atoms. The maximum Gasteiger partial charge on any atom is 0.262 e. The number of para-hydroxylation sites is 1. The van der Waals surface area contributed by atoms with Gasteiger partial charge in [0.25, 0.3) is 5.91 Å². The Bertz CT molecular complexity index is 1500. The van der Waals surface area contributed by atoms with Crippen molar-refractivity contribution in [2.75, 3.05) is 26.1 Å². The first-order valence-corrected chi connectivity index (χ1v) is 15.1. The Morgan fingerprint density at radius 3 is 2.10 bits per heavy atom. The maximum absolute atomic E-state index is 13.8. The van der Waals surface area contributed by atoms with Crippen LogP contribution in [-0.2, 0) is 14.4 Å². The lowest BCUT2D eigenvalue weighted by Crippen LogP contribution is -2.43. The standard InChI is InChI=1S/C34H39BrN2O5/c1-19-10-8-9-11-22(19)36-28(40)18-42-32-21(35)12-20(13-27(32)41-7)29-30-23(14-33(2,3)16-25(30)38)37(6)24-15-34(4,5)17-26(39)31(24)29/h8-13,29H,14-18H2,1-7H3,(H,36,40). The van der Waals surface area contributed by atoms with E-state index in [1.807, 2.05) is 50.4 Å². The van der Waals surface area contributed by atoms with Gasteiger partial charge in [-0.2, -0.15) is 0 Å². The third kappa shape index (κ3) is 5.65. The summed E-state index contributed by atoms with van der Waals surface area (Å²) in [4.78, 5) is 42.4. The molecule has 0 atom stereocenters. The van der Waals surface area contributed by atoms with Gasteiger partial charge in [0, 0.05) is 54.0 Å². The number of amides is 1. The van der Waals surface area contributed by atoms with Crippen molar-refractivity contribution >= 4 is 39.1 Å². The van der Waals surface area contributed by atoms with E-state index in [-0.39, 0.29) is 34.9 Å². The number of carbonyl (C=O) groups excluding carboxylic acids is 3. The van der Waals surface area contributed by atoms with Gasteiger partial charge in [0.05, 0.1) is 11.6 Å². The molecular weight excluding hydrogens is 596 g/mol. The minimum atomic E-state index is -0.498. The van der Waals surface area contributed by atoms with Crippen LogP contribution in [0.15, 0.2) is 63.4 Å². The first-order valence-electron chi connectivity index (χ1n) is 14.3. The van der Waals surface area contributed by atoms with Gasteiger partial charge in [0.1, 0.15) is 0 Å². The molecule has 8 heteroatoms. The molecule has 0 fully saturated rings. The average molecular weight is 636 g/mol. The number of hydrogen-bond acceptors (Lipinski definition) is 6. The Balaban J connectivity index is 1.54. The number of anilines is 1. The van der Waals surface area contributed by atoms with Crippen LogP contribution in [0.25, 0.3) is 0 Å². The summed E-state index contributed by atoms with van der Waals surface area (Å²) in [6.45, 7) is 10.2. The van der Waals surface area contributed by atoms with E-state index in [1.165, 1.54) is 0 Å². The third-order valence-electron chi connectivity index (χ3n) is 8.53. The Kier molecular flexibility index (Phi) is 7.90. The molecule has 1 N–H and O–H groups in total. The molecule has 2 aliphatic carbocycles. The summed E-state index contributed by atoms with van der Waals surface area (Å²) in [6.07, 6.45) is 2.35. The number of rotatable bonds is 6. The lowest BCUT2D eigenvalue weighted by atomic mass is 9.64. The van der Waals surface area contributed by atoms with Gasteiger partial charge in [0.15, 0.2) is 29.7 Å². The van der Waals surface area contributed by atoms with E-state index in [9.17, 15) is 14.4 Å². The van der Waals surface area contributed by atoms with Gasteiger partial charge in [0.2, 0.25) is 0 Å². The molecular formula is C34H39BrN2O5. The number of hydrogen-bond donors (Lipinski definition) is 1. The van der Waals surface area contributed by atoms with E-state index in [4.69, 9.17) is 9.47 Å². The summed E-state index contributed by atoms with van der Waals surface area (Å²) in [5.41, 5.74) is 5.50. The molecule has 0 radical (unpaired) electrons. The fraction of sp³-hybridized carbons (Fsp3) is 0.441. The number of halogens is 1. The maximum atomic E-state index is 13.8. The second-order valence-corrected chi connectivity index (χ2v) is 14.1. The van der Waals surface area contributed by atoms with Crippen LogP contribution < -0.4 is 14.8 Å². The summed E-state index contributed by atoms with van der Waals surface area (Å²) >= 11 is 3.64. The fourth-order valence-corrected chi connectivity index (χ4v) is 7.16. The van der Waals surface area contributed by atoms with E-state index in [1.54, 1.807) is 7.11 Å². The summed E-state index contributed by atoms with van der Waals surface area (Å²) in [6, 6.07) is 11.3. The van der Waals surface area contributed by atoms with Crippen LogP contribution in [0.1, 0.15) is 70.4 Å². The number of carbonyl (C=O) groups is 3. The molecule has 222 valence electrons. The highest BCUT2D eigenvalue weighted by molar-refractivity contribution is 9.10. The molecule has 5 rings (SSSR count). The van der Waals surface area contributed by atoms with Crippen LogP contribution in [0, 0.1) is 17.8 Å². The number of benzene rings is 2. The normalized spacial score (nSPS) is 19.9. The summed E-state index contributed by atoms with van der Waals surface area (Å²) < 4.78 is 12.3. The molecule has 0 spiro atoms. The Morgan fingerprint density at radius 2 is 1.55 bits per heavy atom. The van der Waals surface area contributed by atoms with Crippen LogP contribution in [0.4, 0.5) is 5.69 Å². The van der Waals surface area contributed by atoms with Gasteiger partial charge in [-0.3, -0.25) is 14.4 Å². The zero-order valence-corrected chi connectivity index (χ0v) is 27.0. The second kappa shape index (κ2) is 11.0. The highest BCUT2D eigenvalue weighted by Crippen LogP contribution is 2.55. The van der Waals surface area contributed by atoms with Crippen molar-refractivity contribution in [2.45, 2.75) is 66.2 Å². The molecule has 0 unspecified atom stereocenters. The highest BCUT2D eigenvalue weighted by atomic mass is 79.9. The van der Waals surface area contributed by atoms with E-state index < -0.39 is 5.92 Å². The molecule has 1 aliphatic heterocycles. The largest absolute Gasteiger partial charge is 0.493 e. The van der Waals surface area contributed by atoms with Gasteiger partial charge >= 0.3 is 0 Å². The van der Waals surface area contributed by atoms with Gasteiger partial charge in [-0.1, -0.05) is 45.9 Å². The molecule has 2 aromatic rings. The Hall–Kier alpha value is -3.39. The number of methoxy groups -OCH3 is 1. The van der Waals surface area contributed by atoms with Crippen LogP contribution >= 0.6 is 15.9 Å². The van der Waals surface area contributed by atoms with Crippen LogP contribution in [0.2, 0.25) is 0 Å². The first-order chi connectivity index (χ1) is 19.7. The Morgan fingerprint density at radius 1 is 0.976 bits per heavy atom. The lowest BCUT2D eigenvalue weighted by molar-refractivity contribution is -0.120. The molecule has 0 saturated heterocycles. The van der Waals surface area contributed by atoms with Crippen LogP contribution in [0.3, 0.4) is 0 Å². The van der Waals surface area contributed by atoms with Crippen molar-refractivity contribution < 1.29 is 23.9 Å². The minimum Gasteiger partial charge on any atom is -0.493 e. The minimum absolute atomic E-state index is 0.0746.